The maximum atomic E-state index is 14.0. The molecule has 0 bridgehead atoms. The molecular weight excluding hydrogens is 545 g/mol. The number of nitrogens with zero attached hydrogens (tertiary/aromatic N) is 3. The number of aromatic nitrogens is 1. The average Bonchev–Trinajstić information content (AvgIpc) is 3.46. The molecule has 2 saturated heterocycles. The van der Waals surface area contributed by atoms with Gasteiger partial charge >= 0.3 is 0 Å². The molecule has 0 spiro atoms. The van der Waals surface area contributed by atoms with Crippen LogP contribution in [0.25, 0.3) is 0 Å². The lowest BCUT2D eigenvalue weighted by molar-refractivity contribution is -0.139. The lowest BCUT2D eigenvalue weighted by atomic mass is 9.79. The van der Waals surface area contributed by atoms with E-state index >= 15 is 0 Å². The van der Waals surface area contributed by atoms with Gasteiger partial charge in [0.25, 0.3) is 5.91 Å². The summed E-state index contributed by atoms with van der Waals surface area (Å²) in [6.07, 6.45) is 3.77. The van der Waals surface area contributed by atoms with Crippen molar-refractivity contribution in [1.29, 1.82) is 0 Å². The van der Waals surface area contributed by atoms with Crippen molar-refractivity contribution >= 4 is 34.9 Å². The largest absolute Gasteiger partial charge is 0.364 e. The number of amides is 1. The second-order valence-corrected chi connectivity index (χ2v) is 11.9. The molecule has 2 aliphatic heterocycles. The number of piperazine rings is 1. The van der Waals surface area contributed by atoms with Crippen LogP contribution in [0.5, 0.6) is 0 Å². The molecule has 3 aromatic rings. The summed E-state index contributed by atoms with van der Waals surface area (Å²) in [5.74, 6) is -0.209. The minimum atomic E-state index is -1.12. The predicted octanol–water partition coefficient (Wildman–Crippen LogP) is 4.78. The molecule has 3 N–H and O–H groups in total. The first-order valence-corrected chi connectivity index (χ1v) is 14.6. The van der Waals surface area contributed by atoms with E-state index in [4.69, 9.17) is 28.9 Å². The molecule has 40 heavy (non-hydrogen) atoms. The van der Waals surface area contributed by atoms with Gasteiger partial charge in [-0.15, -0.1) is 0 Å². The van der Waals surface area contributed by atoms with Crippen molar-refractivity contribution in [3.8, 4) is 0 Å². The van der Waals surface area contributed by atoms with Crippen LogP contribution in [0.4, 0.5) is 0 Å². The maximum Gasteiger partial charge on any atom is 0.254 e. The van der Waals surface area contributed by atoms with Crippen LogP contribution in [0.15, 0.2) is 54.7 Å². The molecule has 5 rings (SSSR count). The first kappa shape index (κ1) is 28.8. The Hall–Kier alpha value is -2.68. The Kier molecular flexibility index (Phi) is 8.69. The fourth-order valence-corrected chi connectivity index (χ4v) is 6.80. The van der Waals surface area contributed by atoms with Gasteiger partial charge in [-0.3, -0.25) is 19.4 Å². The summed E-state index contributed by atoms with van der Waals surface area (Å²) in [6, 6.07) is 15.5. The molecule has 0 aliphatic carbocycles. The molecule has 1 aromatic heterocycles. The predicted molar refractivity (Wildman–Crippen MR) is 160 cm³/mol. The molecule has 2 fully saturated rings. The monoisotopic (exact) mass is 581 g/mol. The van der Waals surface area contributed by atoms with Crippen LogP contribution < -0.4 is 5.73 Å². The molecule has 3 heterocycles. The van der Waals surface area contributed by atoms with E-state index in [-0.39, 0.29) is 30.8 Å². The Morgan fingerprint density at radius 1 is 0.975 bits per heavy atom. The van der Waals surface area contributed by atoms with Crippen molar-refractivity contribution in [2.45, 2.75) is 44.8 Å². The van der Waals surface area contributed by atoms with Gasteiger partial charge in [-0.1, -0.05) is 46.5 Å². The van der Waals surface area contributed by atoms with E-state index in [0.29, 0.717) is 28.7 Å². The number of halogens is 2. The first-order chi connectivity index (χ1) is 19.2. The minimum Gasteiger partial charge on any atom is -0.364 e. The van der Waals surface area contributed by atoms with Gasteiger partial charge in [-0.05, 0) is 68.7 Å². The number of nitrogens with one attached hydrogen (secondary N) is 1. The highest BCUT2D eigenvalue weighted by molar-refractivity contribution is 6.42. The van der Waals surface area contributed by atoms with Crippen molar-refractivity contribution in [1.82, 2.24) is 19.7 Å². The number of H-pyrrole nitrogens is 1. The number of nitrogens with two attached hydrogens (primary N) is 1. The van der Waals surface area contributed by atoms with Crippen molar-refractivity contribution in [3.63, 3.8) is 0 Å². The zero-order valence-corrected chi connectivity index (χ0v) is 24.6. The van der Waals surface area contributed by atoms with Crippen LogP contribution in [-0.2, 0) is 16.9 Å². The first-order valence-electron chi connectivity index (χ1n) is 13.9. The molecule has 1 amide bonds. The molecule has 0 saturated carbocycles. The van der Waals surface area contributed by atoms with E-state index in [2.05, 4.69) is 26.9 Å². The summed E-state index contributed by atoms with van der Waals surface area (Å²) >= 11 is 12.8. The summed E-state index contributed by atoms with van der Waals surface area (Å²) in [4.78, 5) is 37.7. The van der Waals surface area contributed by atoms with Crippen LogP contribution in [0.2, 0.25) is 10.0 Å². The molecule has 212 valence electrons. The van der Waals surface area contributed by atoms with Gasteiger partial charge in [0.15, 0.2) is 5.78 Å². The topological polar surface area (TPSA) is 85.7 Å². The van der Waals surface area contributed by atoms with Crippen LogP contribution in [0, 0.1) is 13.8 Å². The molecule has 1 atom stereocenters. The van der Waals surface area contributed by atoms with E-state index in [1.54, 1.807) is 17.0 Å². The van der Waals surface area contributed by atoms with Crippen LogP contribution in [-0.4, -0.2) is 76.7 Å². The van der Waals surface area contributed by atoms with E-state index in [1.165, 1.54) is 5.69 Å². The van der Waals surface area contributed by atoms with Crippen LogP contribution in [0.1, 0.15) is 45.6 Å². The number of benzene rings is 2. The summed E-state index contributed by atoms with van der Waals surface area (Å²) in [5.41, 5.74) is 9.59. The molecule has 0 radical (unpaired) electrons. The number of ketones is 1. The summed E-state index contributed by atoms with van der Waals surface area (Å²) in [6.45, 7) is 7.82. The van der Waals surface area contributed by atoms with Crippen molar-refractivity contribution < 1.29 is 9.59 Å². The second kappa shape index (κ2) is 12.0. The number of hydrogen-bond acceptors (Lipinski definition) is 5. The van der Waals surface area contributed by atoms with Crippen molar-refractivity contribution in [3.05, 3.63) is 92.7 Å². The number of carbonyl (C=O) groups excluding carboxylic acids is 2. The lowest BCUT2D eigenvalue weighted by Gasteiger charge is -2.54. The number of piperidine rings is 1. The highest BCUT2D eigenvalue weighted by atomic mass is 35.5. The Bertz CT molecular complexity index is 1350. The quantitative estimate of drug-likeness (QED) is 0.419. The molecule has 9 heteroatoms. The standard InChI is InChI=1S/C31H37Cl2N5O2/c1-21-14-22(2)16-23(15-21)30(40)37-12-13-38(26-7-10-36(11-8-26)19-25-4-3-9-35-25)31(20-37,29(39)18-34)24-5-6-27(32)28(33)17-24/h3-6,9,14-17,26,35H,7-8,10-13,18-20,34H2,1-2H3. The summed E-state index contributed by atoms with van der Waals surface area (Å²) in [7, 11) is 0. The van der Waals surface area contributed by atoms with Gasteiger partial charge in [0.2, 0.25) is 0 Å². The fraction of sp³-hybridized carbons (Fsp3) is 0.419. The number of Topliss-reactive ketones (excluding diaryl/α,β-unsaturated/α-hetero) is 1. The van der Waals surface area contributed by atoms with Gasteiger partial charge in [0, 0.05) is 56.2 Å². The highest BCUT2D eigenvalue weighted by Crippen LogP contribution is 2.40. The normalized spacial score (nSPS) is 21.1. The summed E-state index contributed by atoms with van der Waals surface area (Å²) in [5, 5.41) is 0.797. The Balaban J connectivity index is 1.49. The van der Waals surface area contributed by atoms with E-state index < -0.39 is 5.54 Å². The maximum absolute atomic E-state index is 14.0. The zero-order chi connectivity index (χ0) is 28.4. The SMILES string of the molecule is Cc1cc(C)cc(C(=O)N2CCN(C3CCN(Cc4ccc[nH]4)CC3)C(C(=O)CN)(c3ccc(Cl)c(Cl)c3)C2)c1. The fourth-order valence-electron chi connectivity index (χ4n) is 6.50. The number of hydrogen-bond donors (Lipinski definition) is 2. The van der Waals surface area contributed by atoms with E-state index in [9.17, 15) is 9.59 Å². The molecular formula is C31H37Cl2N5O2. The van der Waals surface area contributed by atoms with Crippen LogP contribution >= 0.6 is 23.2 Å². The molecule has 7 nitrogen and oxygen atoms in total. The second-order valence-electron chi connectivity index (χ2n) is 11.1. The van der Waals surface area contributed by atoms with Crippen molar-refractivity contribution in [2.75, 3.05) is 39.3 Å². The highest BCUT2D eigenvalue weighted by Gasteiger charge is 2.52. The van der Waals surface area contributed by atoms with E-state index in [0.717, 1.165) is 49.2 Å². The molecule has 2 aromatic carbocycles. The summed E-state index contributed by atoms with van der Waals surface area (Å²) < 4.78 is 0. The number of rotatable bonds is 7. The van der Waals surface area contributed by atoms with Gasteiger partial charge < -0.3 is 15.6 Å². The van der Waals surface area contributed by atoms with Gasteiger partial charge in [-0.2, -0.15) is 0 Å². The minimum absolute atomic E-state index is 0.0820. The van der Waals surface area contributed by atoms with Gasteiger partial charge in [0.05, 0.1) is 23.1 Å². The Morgan fingerprint density at radius 3 is 2.33 bits per heavy atom. The molecule has 2 aliphatic rings. The third-order valence-corrected chi connectivity index (χ3v) is 9.11. The number of carbonyl (C=O) groups is 2. The lowest BCUT2D eigenvalue weighted by Crippen LogP contribution is -2.68. The third-order valence-electron chi connectivity index (χ3n) is 8.37. The number of aromatic amines is 1. The number of aryl methyl sites for hydroxylation is 2. The molecule has 1 unspecified atom stereocenters. The van der Waals surface area contributed by atoms with E-state index in [1.807, 2.05) is 44.3 Å². The van der Waals surface area contributed by atoms with Gasteiger partial charge in [-0.25, -0.2) is 0 Å². The number of likely N-dealkylation sites (tertiary alicyclic amines) is 1. The Morgan fingerprint density at radius 2 is 1.70 bits per heavy atom. The smallest absolute Gasteiger partial charge is 0.254 e. The van der Waals surface area contributed by atoms with Gasteiger partial charge in [0.1, 0.15) is 5.54 Å². The van der Waals surface area contributed by atoms with Crippen molar-refractivity contribution in [2.24, 2.45) is 5.73 Å². The third kappa shape index (κ3) is 5.71. The Labute approximate surface area is 246 Å². The zero-order valence-electron chi connectivity index (χ0n) is 23.1. The van der Waals surface area contributed by atoms with Crippen LogP contribution in [0.3, 0.4) is 0 Å². The average molecular weight is 583 g/mol.